The van der Waals surface area contributed by atoms with E-state index < -0.39 is 16.1 Å². The minimum Gasteiger partial charge on any atom is -0.341 e. The third kappa shape index (κ3) is 4.87. The Morgan fingerprint density at radius 3 is 2.45 bits per heavy atom. The van der Waals surface area contributed by atoms with E-state index >= 15 is 0 Å². The van der Waals surface area contributed by atoms with Crippen molar-refractivity contribution < 1.29 is 13.2 Å². The Kier molecular flexibility index (Phi) is 6.71. The first kappa shape index (κ1) is 17.7. The van der Waals surface area contributed by atoms with E-state index in [4.69, 9.17) is 5.73 Å². The molecular formula is C12H24ClN3O3S. The highest BCUT2D eigenvalue weighted by atomic mass is 35.5. The van der Waals surface area contributed by atoms with Gasteiger partial charge in [0.1, 0.15) is 0 Å². The molecule has 2 aliphatic rings. The normalized spacial score (nSPS) is 20.6. The van der Waals surface area contributed by atoms with E-state index in [-0.39, 0.29) is 23.6 Å². The zero-order valence-corrected chi connectivity index (χ0v) is 13.2. The fourth-order valence-corrected chi connectivity index (χ4v) is 3.75. The lowest BCUT2D eigenvalue weighted by molar-refractivity contribution is -0.131. The van der Waals surface area contributed by atoms with E-state index in [1.807, 2.05) is 0 Å². The molecule has 118 valence electrons. The van der Waals surface area contributed by atoms with E-state index in [0.29, 0.717) is 19.4 Å². The maximum Gasteiger partial charge on any atom is 0.239 e. The fraction of sp³-hybridized carbons (Fsp3) is 0.917. The summed E-state index contributed by atoms with van der Waals surface area (Å²) < 4.78 is 25.7. The lowest BCUT2D eigenvalue weighted by Gasteiger charge is -2.20. The van der Waals surface area contributed by atoms with Gasteiger partial charge in [0.2, 0.25) is 15.9 Å². The van der Waals surface area contributed by atoms with E-state index in [2.05, 4.69) is 4.72 Å². The van der Waals surface area contributed by atoms with Gasteiger partial charge in [-0.05, 0) is 38.5 Å². The molecule has 2 fully saturated rings. The standard InChI is InChI=1S/C12H23N3O3S.ClH/c13-11(12(16)15-8-1-2-9-15)4-3-7-14-19(17,18)10-5-6-10;/h10-11,14H,1-9,13H2;1H/t11-;/m0./s1. The van der Waals surface area contributed by atoms with Crippen molar-refractivity contribution in [2.24, 2.45) is 5.73 Å². The number of sulfonamides is 1. The van der Waals surface area contributed by atoms with Crippen LogP contribution in [0.2, 0.25) is 0 Å². The topological polar surface area (TPSA) is 92.5 Å². The summed E-state index contributed by atoms with van der Waals surface area (Å²) in [4.78, 5) is 13.7. The predicted molar refractivity (Wildman–Crippen MR) is 80.2 cm³/mol. The highest BCUT2D eigenvalue weighted by Gasteiger charge is 2.35. The van der Waals surface area contributed by atoms with Gasteiger partial charge in [0, 0.05) is 19.6 Å². The summed E-state index contributed by atoms with van der Waals surface area (Å²) in [7, 11) is -3.11. The summed E-state index contributed by atoms with van der Waals surface area (Å²) in [5.41, 5.74) is 5.85. The zero-order valence-electron chi connectivity index (χ0n) is 11.6. The highest BCUT2D eigenvalue weighted by molar-refractivity contribution is 7.90. The van der Waals surface area contributed by atoms with Crippen molar-refractivity contribution in [1.82, 2.24) is 9.62 Å². The Balaban J connectivity index is 0.00000200. The van der Waals surface area contributed by atoms with Crippen LogP contribution in [0, 0.1) is 0 Å². The maximum atomic E-state index is 11.9. The van der Waals surface area contributed by atoms with Crippen molar-refractivity contribution in [2.75, 3.05) is 19.6 Å². The van der Waals surface area contributed by atoms with Gasteiger partial charge in [-0.2, -0.15) is 0 Å². The van der Waals surface area contributed by atoms with E-state index in [9.17, 15) is 13.2 Å². The maximum absolute atomic E-state index is 11.9. The van der Waals surface area contributed by atoms with Crippen LogP contribution in [0.15, 0.2) is 0 Å². The molecule has 0 aromatic heterocycles. The van der Waals surface area contributed by atoms with Crippen molar-refractivity contribution >= 4 is 28.3 Å². The molecular weight excluding hydrogens is 302 g/mol. The molecule has 1 atom stereocenters. The van der Waals surface area contributed by atoms with Crippen LogP contribution in [0.5, 0.6) is 0 Å². The summed E-state index contributed by atoms with van der Waals surface area (Å²) in [6.07, 6.45) is 4.78. The van der Waals surface area contributed by atoms with Crippen molar-refractivity contribution in [3.05, 3.63) is 0 Å². The molecule has 1 amide bonds. The van der Waals surface area contributed by atoms with Crippen LogP contribution in [0.4, 0.5) is 0 Å². The summed E-state index contributed by atoms with van der Waals surface area (Å²) >= 11 is 0. The summed E-state index contributed by atoms with van der Waals surface area (Å²) in [6, 6.07) is -0.497. The Morgan fingerprint density at radius 1 is 1.30 bits per heavy atom. The second-order valence-electron chi connectivity index (χ2n) is 5.42. The summed E-state index contributed by atoms with van der Waals surface area (Å²) in [5, 5.41) is -0.188. The number of carbonyl (C=O) groups excluding carboxylic acids is 1. The molecule has 20 heavy (non-hydrogen) atoms. The molecule has 1 saturated carbocycles. The smallest absolute Gasteiger partial charge is 0.239 e. The number of hydrogen-bond acceptors (Lipinski definition) is 4. The highest BCUT2D eigenvalue weighted by Crippen LogP contribution is 2.27. The van der Waals surface area contributed by atoms with Gasteiger partial charge < -0.3 is 10.6 Å². The molecule has 6 nitrogen and oxygen atoms in total. The molecule has 0 unspecified atom stereocenters. The van der Waals surface area contributed by atoms with E-state index in [0.717, 1.165) is 38.8 Å². The number of nitrogens with two attached hydrogens (primary N) is 1. The largest absolute Gasteiger partial charge is 0.341 e. The van der Waals surface area contributed by atoms with Crippen molar-refractivity contribution in [2.45, 2.75) is 49.8 Å². The number of rotatable bonds is 7. The Hall–Kier alpha value is -0.370. The van der Waals surface area contributed by atoms with Crippen molar-refractivity contribution in [3.63, 3.8) is 0 Å². The van der Waals surface area contributed by atoms with E-state index in [1.165, 1.54) is 0 Å². The first-order valence-corrected chi connectivity index (χ1v) is 8.58. The Labute approximate surface area is 126 Å². The first-order valence-electron chi connectivity index (χ1n) is 7.03. The second kappa shape index (κ2) is 7.59. The van der Waals surface area contributed by atoms with Crippen LogP contribution in [-0.4, -0.2) is 50.2 Å². The van der Waals surface area contributed by atoms with Crippen LogP contribution in [0.3, 0.4) is 0 Å². The Bertz CT molecular complexity index is 420. The number of halogens is 1. The average Bonchev–Trinajstić information content (AvgIpc) is 3.11. The lowest BCUT2D eigenvalue weighted by Crippen LogP contribution is -2.42. The zero-order chi connectivity index (χ0) is 13.9. The van der Waals surface area contributed by atoms with Crippen LogP contribution < -0.4 is 10.5 Å². The van der Waals surface area contributed by atoms with Crippen molar-refractivity contribution in [1.29, 1.82) is 0 Å². The number of amides is 1. The first-order chi connectivity index (χ1) is 9.00. The van der Waals surface area contributed by atoms with Crippen LogP contribution >= 0.6 is 12.4 Å². The number of likely N-dealkylation sites (tertiary alicyclic amines) is 1. The molecule has 1 heterocycles. The van der Waals surface area contributed by atoms with Gasteiger partial charge in [0.15, 0.2) is 0 Å². The van der Waals surface area contributed by atoms with Gasteiger partial charge in [-0.1, -0.05) is 0 Å². The minimum absolute atomic E-state index is 0. The van der Waals surface area contributed by atoms with Gasteiger partial charge in [0.25, 0.3) is 0 Å². The second-order valence-corrected chi connectivity index (χ2v) is 7.47. The molecule has 0 aromatic rings. The quantitative estimate of drug-likeness (QED) is 0.655. The summed E-state index contributed by atoms with van der Waals surface area (Å²) in [5.74, 6) is 0.00236. The molecule has 1 aliphatic carbocycles. The molecule has 0 spiro atoms. The predicted octanol–water partition coefficient (Wildman–Crippen LogP) is 0.220. The Morgan fingerprint density at radius 2 is 1.90 bits per heavy atom. The van der Waals surface area contributed by atoms with Crippen LogP contribution in [0.1, 0.15) is 38.5 Å². The minimum atomic E-state index is -3.11. The van der Waals surface area contributed by atoms with E-state index in [1.54, 1.807) is 4.90 Å². The van der Waals surface area contributed by atoms with Gasteiger partial charge in [-0.3, -0.25) is 4.79 Å². The van der Waals surface area contributed by atoms with Crippen LogP contribution in [0.25, 0.3) is 0 Å². The molecule has 1 aliphatic heterocycles. The molecule has 0 bridgehead atoms. The molecule has 0 radical (unpaired) electrons. The lowest BCUT2D eigenvalue weighted by atomic mass is 10.1. The van der Waals surface area contributed by atoms with Gasteiger partial charge in [-0.25, -0.2) is 13.1 Å². The number of hydrogen-bond donors (Lipinski definition) is 2. The SMILES string of the molecule is Cl.N[C@@H](CCCNS(=O)(=O)C1CC1)C(=O)N1CCCC1. The van der Waals surface area contributed by atoms with Gasteiger partial charge in [-0.15, -0.1) is 12.4 Å². The van der Waals surface area contributed by atoms with Gasteiger partial charge in [0.05, 0.1) is 11.3 Å². The molecule has 0 aromatic carbocycles. The fourth-order valence-electron chi connectivity index (χ4n) is 2.33. The molecule has 8 heteroatoms. The third-order valence-corrected chi connectivity index (χ3v) is 5.65. The van der Waals surface area contributed by atoms with Crippen molar-refractivity contribution in [3.8, 4) is 0 Å². The van der Waals surface area contributed by atoms with Gasteiger partial charge >= 0.3 is 0 Å². The molecule has 3 N–H and O–H groups in total. The van der Waals surface area contributed by atoms with Crippen LogP contribution in [-0.2, 0) is 14.8 Å². The third-order valence-electron chi connectivity index (χ3n) is 3.69. The molecule has 2 rings (SSSR count). The monoisotopic (exact) mass is 325 g/mol. The number of nitrogens with zero attached hydrogens (tertiary/aromatic N) is 1. The average molecular weight is 326 g/mol. The summed E-state index contributed by atoms with van der Waals surface area (Å²) in [6.45, 7) is 1.99. The molecule has 1 saturated heterocycles. The number of carbonyl (C=O) groups is 1. The number of nitrogens with one attached hydrogen (secondary N) is 1.